The lowest BCUT2D eigenvalue weighted by Crippen LogP contribution is -2.13. The minimum absolute atomic E-state index is 0.147. The summed E-state index contributed by atoms with van der Waals surface area (Å²) in [6, 6.07) is 6.33. The average Bonchev–Trinajstić information content (AvgIpc) is 2.32. The van der Waals surface area contributed by atoms with E-state index in [0.29, 0.717) is 11.0 Å². The van der Waals surface area contributed by atoms with Crippen molar-refractivity contribution in [3.05, 3.63) is 51.4 Å². The van der Waals surface area contributed by atoms with E-state index in [4.69, 9.17) is 34.8 Å². The first kappa shape index (κ1) is 13.1. The first-order valence-corrected chi connectivity index (χ1v) is 5.94. The molecule has 18 heavy (non-hydrogen) atoms. The highest BCUT2D eigenvalue weighted by Gasteiger charge is 2.10. The van der Waals surface area contributed by atoms with E-state index in [1.54, 1.807) is 18.2 Å². The molecule has 0 aliphatic carbocycles. The van der Waals surface area contributed by atoms with Crippen molar-refractivity contribution in [2.45, 2.75) is 0 Å². The summed E-state index contributed by atoms with van der Waals surface area (Å²) in [5, 5.41) is 3.22. The quantitative estimate of drug-likeness (QED) is 0.861. The molecule has 0 aliphatic rings. The molecule has 2 rings (SSSR count). The molecule has 2 aromatic heterocycles. The molecule has 4 nitrogen and oxygen atoms in total. The number of halogens is 3. The average molecular weight is 303 g/mol. The van der Waals surface area contributed by atoms with Crippen LogP contribution >= 0.6 is 34.8 Å². The standard InChI is InChI=1S/C11H6Cl3N3O/c12-7-4-6(5-15-10(7)14)11(18)17-9-3-1-2-8(13)16-9/h1-5H,(H,16,17,18). The predicted molar refractivity (Wildman–Crippen MR) is 71.5 cm³/mol. The van der Waals surface area contributed by atoms with E-state index >= 15 is 0 Å². The van der Waals surface area contributed by atoms with Gasteiger partial charge in [0.15, 0.2) is 0 Å². The molecule has 0 bridgehead atoms. The third-order valence-corrected chi connectivity index (χ3v) is 2.91. The van der Waals surface area contributed by atoms with Crippen LogP contribution in [0.4, 0.5) is 5.82 Å². The summed E-state index contributed by atoms with van der Waals surface area (Å²) in [4.78, 5) is 19.6. The zero-order valence-electron chi connectivity index (χ0n) is 8.82. The van der Waals surface area contributed by atoms with Gasteiger partial charge in [-0.3, -0.25) is 4.79 Å². The summed E-state index contributed by atoms with van der Waals surface area (Å²) in [6.45, 7) is 0. The van der Waals surface area contributed by atoms with Crippen LogP contribution in [-0.2, 0) is 0 Å². The van der Waals surface area contributed by atoms with Crippen molar-refractivity contribution in [3.8, 4) is 0 Å². The van der Waals surface area contributed by atoms with Crippen LogP contribution < -0.4 is 5.32 Å². The molecular formula is C11H6Cl3N3O. The normalized spacial score (nSPS) is 10.2. The van der Waals surface area contributed by atoms with Crippen LogP contribution in [0.2, 0.25) is 15.3 Å². The van der Waals surface area contributed by atoms with Crippen molar-refractivity contribution in [1.29, 1.82) is 0 Å². The number of hydrogen-bond acceptors (Lipinski definition) is 3. The Bertz CT molecular complexity index is 604. The van der Waals surface area contributed by atoms with Gasteiger partial charge in [0.1, 0.15) is 16.1 Å². The number of rotatable bonds is 2. The molecule has 92 valence electrons. The molecule has 0 spiro atoms. The Balaban J connectivity index is 2.19. The Kier molecular flexibility index (Phi) is 4.01. The lowest BCUT2D eigenvalue weighted by Gasteiger charge is -2.05. The molecule has 0 aliphatic heterocycles. The highest BCUT2D eigenvalue weighted by atomic mass is 35.5. The lowest BCUT2D eigenvalue weighted by molar-refractivity contribution is 0.102. The molecular weight excluding hydrogens is 296 g/mol. The van der Waals surface area contributed by atoms with E-state index < -0.39 is 5.91 Å². The van der Waals surface area contributed by atoms with Crippen molar-refractivity contribution in [2.75, 3.05) is 5.32 Å². The molecule has 2 aromatic rings. The number of aromatic nitrogens is 2. The van der Waals surface area contributed by atoms with Crippen LogP contribution in [0.3, 0.4) is 0 Å². The molecule has 0 saturated heterocycles. The predicted octanol–water partition coefficient (Wildman–Crippen LogP) is 3.69. The van der Waals surface area contributed by atoms with Gasteiger partial charge in [-0.2, -0.15) is 0 Å². The Morgan fingerprint density at radius 3 is 2.67 bits per heavy atom. The van der Waals surface area contributed by atoms with Crippen LogP contribution in [0.15, 0.2) is 30.5 Å². The number of nitrogens with zero attached hydrogens (tertiary/aromatic N) is 2. The van der Waals surface area contributed by atoms with E-state index in [-0.39, 0.29) is 15.7 Å². The Morgan fingerprint density at radius 2 is 2.00 bits per heavy atom. The molecule has 0 aromatic carbocycles. The summed E-state index contributed by atoms with van der Waals surface area (Å²) in [5.74, 6) is -0.0468. The Labute approximate surface area is 118 Å². The fourth-order valence-electron chi connectivity index (χ4n) is 1.21. The van der Waals surface area contributed by atoms with E-state index in [1.165, 1.54) is 12.3 Å². The molecule has 0 unspecified atom stereocenters. The SMILES string of the molecule is O=C(Nc1cccc(Cl)n1)c1cnc(Cl)c(Cl)c1. The summed E-state index contributed by atoms with van der Waals surface area (Å²) in [7, 11) is 0. The molecule has 1 N–H and O–H groups in total. The first-order valence-electron chi connectivity index (χ1n) is 4.81. The number of carbonyl (C=O) groups excluding carboxylic acids is 1. The van der Waals surface area contributed by atoms with E-state index in [2.05, 4.69) is 15.3 Å². The van der Waals surface area contributed by atoms with Crippen molar-refractivity contribution in [1.82, 2.24) is 9.97 Å². The number of hydrogen-bond donors (Lipinski definition) is 1. The lowest BCUT2D eigenvalue weighted by atomic mass is 10.2. The summed E-state index contributed by atoms with van der Waals surface area (Å²) >= 11 is 17.1. The van der Waals surface area contributed by atoms with Gasteiger partial charge in [-0.15, -0.1) is 0 Å². The maximum Gasteiger partial charge on any atom is 0.258 e. The Hall–Kier alpha value is -1.36. The minimum Gasteiger partial charge on any atom is -0.306 e. The van der Waals surface area contributed by atoms with Crippen molar-refractivity contribution in [3.63, 3.8) is 0 Å². The topological polar surface area (TPSA) is 54.9 Å². The van der Waals surface area contributed by atoms with Gasteiger partial charge < -0.3 is 5.32 Å². The van der Waals surface area contributed by atoms with Crippen LogP contribution in [0.25, 0.3) is 0 Å². The van der Waals surface area contributed by atoms with Gasteiger partial charge in [-0.1, -0.05) is 40.9 Å². The summed E-state index contributed by atoms with van der Waals surface area (Å²) in [5.41, 5.74) is 0.283. The van der Waals surface area contributed by atoms with E-state index in [1.807, 2.05) is 0 Å². The molecule has 2 heterocycles. The van der Waals surface area contributed by atoms with Crippen LogP contribution in [0.5, 0.6) is 0 Å². The van der Waals surface area contributed by atoms with Gasteiger partial charge in [0.2, 0.25) is 0 Å². The second-order valence-electron chi connectivity index (χ2n) is 3.30. The molecule has 0 radical (unpaired) electrons. The summed E-state index contributed by atoms with van der Waals surface area (Å²) in [6.07, 6.45) is 1.33. The van der Waals surface area contributed by atoms with Gasteiger partial charge in [0, 0.05) is 6.20 Å². The van der Waals surface area contributed by atoms with Crippen molar-refractivity contribution < 1.29 is 4.79 Å². The van der Waals surface area contributed by atoms with Crippen LogP contribution in [-0.4, -0.2) is 15.9 Å². The van der Waals surface area contributed by atoms with E-state index in [0.717, 1.165) is 0 Å². The zero-order valence-corrected chi connectivity index (χ0v) is 11.1. The molecule has 1 amide bonds. The monoisotopic (exact) mass is 301 g/mol. The van der Waals surface area contributed by atoms with E-state index in [9.17, 15) is 4.79 Å². The van der Waals surface area contributed by atoms with Crippen molar-refractivity contribution >= 4 is 46.5 Å². The van der Waals surface area contributed by atoms with Gasteiger partial charge in [0.05, 0.1) is 10.6 Å². The second kappa shape index (κ2) is 5.52. The molecule has 0 saturated carbocycles. The molecule has 0 atom stereocenters. The largest absolute Gasteiger partial charge is 0.306 e. The number of nitrogens with one attached hydrogen (secondary N) is 1. The van der Waals surface area contributed by atoms with Gasteiger partial charge in [-0.25, -0.2) is 9.97 Å². The highest BCUT2D eigenvalue weighted by Crippen LogP contribution is 2.20. The van der Waals surface area contributed by atoms with Gasteiger partial charge >= 0.3 is 0 Å². The smallest absolute Gasteiger partial charge is 0.258 e. The first-order chi connectivity index (χ1) is 8.56. The fourth-order valence-corrected chi connectivity index (χ4v) is 1.65. The van der Waals surface area contributed by atoms with Gasteiger partial charge in [-0.05, 0) is 18.2 Å². The van der Waals surface area contributed by atoms with Crippen LogP contribution in [0, 0.1) is 0 Å². The number of anilines is 1. The highest BCUT2D eigenvalue weighted by molar-refractivity contribution is 6.41. The van der Waals surface area contributed by atoms with Crippen molar-refractivity contribution in [2.24, 2.45) is 0 Å². The maximum absolute atomic E-state index is 11.9. The molecule has 0 fully saturated rings. The Morgan fingerprint density at radius 1 is 1.22 bits per heavy atom. The minimum atomic E-state index is -0.393. The fraction of sp³-hybridized carbons (Fsp3) is 0. The zero-order chi connectivity index (χ0) is 13.1. The second-order valence-corrected chi connectivity index (χ2v) is 4.45. The molecule has 7 heteroatoms. The number of amides is 1. The number of pyridine rings is 2. The summed E-state index contributed by atoms with van der Waals surface area (Å²) < 4.78 is 0. The third-order valence-electron chi connectivity index (χ3n) is 2.02. The van der Waals surface area contributed by atoms with Crippen LogP contribution in [0.1, 0.15) is 10.4 Å². The number of carbonyl (C=O) groups is 1. The maximum atomic E-state index is 11.9. The third kappa shape index (κ3) is 3.10. The van der Waals surface area contributed by atoms with Gasteiger partial charge in [0.25, 0.3) is 5.91 Å².